The van der Waals surface area contributed by atoms with Gasteiger partial charge in [0.1, 0.15) is 5.75 Å². The first kappa shape index (κ1) is 19.4. The third-order valence-corrected chi connectivity index (χ3v) is 5.95. The van der Waals surface area contributed by atoms with Crippen LogP contribution in [0.15, 0.2) is 54.6 Å². The molecule has 4 N–H and O–H groups in total. The number of piperidine rings is 1. The highest BCUT2D eigenvalue weighted by Gasteiger charge is 2.31. The molecule has 0 aromatic heterocycles. The number of benzene rings is 3. The molecule has 1 aliphatic rings. The van der Waals surface area contributed by atoms with E-state index >= 15 is 0 Å². The summed E-state index contributed by atoms with van der Waals surface area (Å²) in [5, 5.41) is 13.2. The fourth-order valence-electron chi connectivity index (χ4n) is 4.50. The molecule has 0 spiro atoms. The number of rotatable bonds is 4. The van der Waals surface area contributed by atoms with Crippen molar-refractivity contribution < 1.29 is 9.90 Å². The highest BCUT2D eigenvalue weighted by Crippen LogP contribution is 2.43. The number of phenolic OH excluding ortho intramolecular Hbond substituents is 1. The van der Waals surface area contributed by atoms with Crippen LogP contribution in [0.25, 0.3) is 10.8 Å². The lowest BCUT2D eigenvalue weighted by atomic mass is 9.87. The Morgan fingerprint density at radius 3 is 2.48 bits per heavy atom. The van der Waals surface area contributed by atoms with Gasteiger partial charge in [-0.1, -0.05) is 55.0 Å². The number of nitrogens with two attached hydrogens (primary N) is 1. The second kappa shape index (κ2) is 8.23. The number of hydrazine groups is 1. The molecule has 0 aliphatic carbocycles. The molecule has 1 fully saturated rings. The maximum atomic E-state index is 12.4. The van der Waals surface area contributed by atoms with Gasteiger partial charge in [0.05, 0.1) is 11.6 Å². The third kappa shape index (κ3) is 3.59. The van der Waals surface area contributed by atoms with Crippen molar-refractivity contribution in [2.24, 2.45) is 5.84 Å². The number of phenols is 1. The van der Waals surface area contributed by atoms with Crippen molar-refractivity contribution in [1.82, 2.24) is 10.3 Å². The van der Waals surface area contributed by atoms with E-state index < -0.39 is 5.91 Å². The molecule has 1 atom stereocenters. The fraction of sp³-hybridized carbons (Fsp3) is 0.292. The third-order valence-electron chi connectivity index (χ3n) is 5.95. The maximum absolute atomic E-state index is 12.4. The van der Waals surface area contributed by atoms with Crippen LogP contribution >= 0.6 is 0 Å². The summed E-state index contributed by atoms with van der Waals surface area (Å²) in [6, 6.07) is 17.8. The molecule has 3 aromatic rings. The summed E-state index contributed by atoms with van der Waals surface area (Å²) in [6.45, 7) is 4.02. The van der Waals surface area contributed by atoms with Gasteiger partial charge in [-0.2, -0.15) is 0 Å². The summed E-state index contributed by atoms with van der Waals surface area (Å²) in [7, 11) is 0. The lowest BCUT2D eigenvalue weighted by Crippen LogP contribution is -2.35. The Bertz CT molecular complexity index is 1040. The minimum Gasteiger partial charge on any atom is -0.507 e. The molecule has 5 heteroatoms. The number of nitrogens with one attached hydrogen (secondary N) is 1. The van der Waals surface area contributed by atoms with Crippen LogP contribution in [0.4, 0.5) is 0 Å². The summed E-state index contributed by atoms with van der Waals surface area (Å²) in [4.78, 5) is 14.9. The lowest BCUT2D eigenvalue weighted by molar-refractivity contribution is 0.0950. The van der Waals surface area contributed by atoms with Crippen LogP contribution in [0.1, 0.15) is 52.4 Å². The van der Waals surface area contributed by atoms with Crippen molar-refractivity contribution >= 4 is 16.7 Å². The first-order chi connectivity index (χ1) is 14.1. The van der Waals surface area contributed by atoms with Gasteiger partial charge in [0.2, 0.25) is 0 Å². The summed E-state index contributed by atoms with van der Waals surface area (Å²) >= 11 is 0. The molecule has 1 saturated heterocycles. The zero-order valence-electron chi connectivity index (χ0n) is 16.7. The van der Waals surface area contributed by atoms with Crippen LogP contribution in [0.5, 0.6) is 5.75 Å². The van der Waals surface area contributed by atoms with Gasteiger partial charge < -0.3 is 5.11 Å². The number of hydrogen-bond donors (Lipinski definition) is 3. The van der Waals surface area contributed by atoms with Crippen LogP contribution in [0, 0.1) is 6.92 Å². The predicted molar refractivity (Wildman–Crippen MR) is 116 cm³/mol. The molecule has 3 aromatic carbocycles. The van der Waals surface area contributed by atoms with Crippen LogP contribution < -0.4 is 11.3 Å². The van der Waals surface area contributed by atoms with Gasteiger partial charge >= 0.3 is 0 Å². The number of likely N-dealkylation sites (tertiary alicyclic amines) is 1. The number of hydrogen-bond acceptors (Lipinski definition) is 4. The molecule has 5 nitrogen and oxygen atoms in total. The quantitative estimate of drug-likeness (QED) is 0.358. The molecule has 4 rings (SSSR count). The van der Waals surface area contributed by atoms with Crippen molar-refractivity contribution in [3.05, 3.63) is 76.9 Å². The number of fused-ring (bicyclic) bond motifs is 1. The molecular weight excluding hydrogens is 362 g/mol. The molecule has 0 bridgehead atoms. The molecule has 1 amide bonds. The minimum absolute atomic E-state index is 0.00507. The van der Waals surface area contributed by atoms with Crippen LogP contribution in [0.2, 0.25) is 0 Å². The first-order valence-corrected chi connectivity index (χ1v) is 10.2. The van der Waals surface area contributed by atoms with Gasteiger partial charge in [-0.15, -0.1) is 0 Å². The number of nitrogens with zero attached hydrogens (tertiary/aromatic N) is 1. The number of amides is 1. The van der Waals surface area contributed by atoms with E-state index in [2.05, 4.69) is 29.4 Å². The highest BCUT2D eigenvalue weighted by atomic mass is 16.3. The van der Waals surface area contributed by atoms with E-state index in [1.54, 1.807) is 6.07 Å². The van der Waals surface area contributed by atoms with Gasteiger partial charge in [-0.3, -0.25) is 15.1 Å². The van der Waals surface area contributed by atoms with Gasteiger partial charge in [-0.25, -0.2) is 5.84 Å². The maximum Gasteiger partial charge on any atom is 0.268 e. The van der Waals surface area contributed by atoms with Gasteiger partial charge in [0, 0.05) is 5.56 Å². The Labute approximate surface area is 171 Å². The zero-order chi connectivity index (χ0) is 20.4. The Balaban J connectivity index is 2.02. The lowest BCUT2D eigenvalue weighted by Gasteiger charge is -2.37. The SMILES string of the molecule is Cc1ccccc1C(c1c(O)c(C(=O)NN)cc2ccccc12)N1CCCCC1. The zero-order valence-corrected chi connectivity index (χ0v) is 16.7. The van der Waals surface area contributed by atoms with Gasteiger partial charge in [-0.05, 0) is 60.8 Å². The Morgan fingerprint density at radius 1 is 1.07 bits per heavy atom. The molecule has 1 heterocycles. The van der Waals surface area contributed by atoms with Gasteiger partial charge in [0.25, 0.3) is 5.91 Å². The topological polar surface area (TPSA) is 78.6 Å². The second-order valence-electron chi connectivity index (χ2n) is 7.74. The molecule has 0 saturated carbocycles. The summed E-state index contributed by atoms with van der Waals surface area (Å²) < 4.78 is 0. The number of carbonyl (C=O) groups excluding carboxylic acids is 1. The van der Waals surface area contributed by atoms with E-state index in [0.717, 1.165) is 47.8 Å². The predicted octanol–water partition coefficient (Wildman–Crippen LogP) is 4.03. The van der Waals surface area contributed by atoms with Crippen LogP contribution in [-0.2, 0) is 0 Å². The molecule has 29 heavy (non-hydrogen) atoms. The molecule has 1 aliphatic heterocycles. The molecule has 150 valence electrons. The normalized spacial score (nSPS) is 15.9. The van der Waals surface area contributed by atoms with E-state index in [1.165, 1.54) is 12.0 Å². The van der Waals surface area contributed by atoms with Crippen LogP contribution in [-0.4, -0.2) is 29.0 Å². The van der Waals surface area contributed by atoms with Crippen molar-refractivity contribution in [1.29, 1.82) is 0 Å². The Kier molecular flexibility index (Phi) is 5.51. The van der Waals surface area contributed by atoms with E-state index in [-0.39, 0.29) is 17.4 Å². The smallest absolute Gasteiger partial charge is 0.268 e. The van der Waals surface area contributed by atoms with E-state index in [0.29, 0.717) is 0 Å². The van der Waals surface area contributed by atoms with E-state index in [1.807, 2.05) is 36.4 Å². The van der Waals surface area contributed by atoms with Crippen molar-refractivity contribution in [2.75, 3.05) is 13.1 Å². The van der Waals surface area contributed by atoms with Crippen molar-refractivity contribution in [3.63, 3.8) is 0 Å². The van der Waals surface area contributed by atoms with E-state index in [4.69, 9.17) is 5.84 Å². The minimum atomic E-state index is -0.489. The van der Waals surface area contributed by atoms with Crippen molar-refractivity contribution in [3.8, 4) is 5.75 Å². The number of carbonyl (C=O) groups is 1. The van der Waals surface area contributed by atoms with Crippen molar-refractivity contribution in [2.45, 2.75) is 32.2 Å². The monoisotopic (exact) mass is 389 g/mol. The number of aryl methyl sites for hydroxylation is 1. The van der Waals surface area contributed by atoms with Gasteiger partial charge in [0.15, 0.2) is 0 Å². The molecular formula is C24H27N3O2. The molecule has 0 radical (unpaired) electrons. The average molecular weight is 389 g/mol. The number of aromatic hydroxyl groups is 1. The molecule has 1 unspecified atom stereocenters. The Hall–Kier alpha value is -2.89. The average Bonchev–Trinajstić information content (AvgIpc) is 2.76. The van der Waals surface area contributed by atoms with E-state index in [9.17, 15) is 9.90 Å². The summed E-state index contributed by atoms with van der Waals surface area (Å²) in [6.07, 6.45) is 3.48. The Morgan fingerprint density at radius 2 is 1.76 bits per heavy atom. The fourth-order valence-corrected chi connectivity index (χ4v) is 4.50. The summed E-state index contributed by atoms with van der Waals surface area (Å²) in [5.74, 6) is 4.92. The number of nitrogen functional groups attached to an aromatic ring is 1. The first-order valence-electron chi connectivity index (χ1n) is 10.2. The standard InChI is InChI=1S/C24H27N3O2/c1-16-9-3-5-11-18(16)22(27-13-7-2-8-14-27)21-19-12-6-4-10-17(19)15-20(23(21)28)24(29)26-25/h3-6,9-12,15,22,28H,2,7-8,13-14,25H2,1H3,(H,26,29). The summed E-state index contributed by atoms with van der Waals surface area (Å²) in [5.41, 5.74) is 5.47. The van der Waals surface area contributed by atoms with Crippen LogP contribution in [0.3, 0.4) is 0 Å². The largest absolute Gasteiger partial charge is 0.507 e. The second-order valence-corrected chi connectivity index (χ2v) is 7.74. The highest BCUT2D eigenvalue weighted by molar-refractivity contribution is 6.03.